The molecule has 0 aliphatic carbocycles. The average Bonchev–Trinajstić information content (AvgIpc) is 3.12. The first-order valence-electron chi connectivity index (χ1n) is 10.4. The Labute approximate surface area is 169 Å². The number of guanidine groups is 1. The molecule has 2 aliphatic rings. The number of ether oxygens (including phenoxy) is 1. The number of likely N-dealkylation sites (tertiary alicyclic amines) is 2. The molecule has 0 saturated carbocycles. The van der Waals surface area contributed by atoms with Crippen molar-refractivity contribution in [2.24, 2.45) is 10.9 Å². The lowest BCUT2D eigenvalue weighted by molar-refractivity contribution is -0.129. The monoisotopic (exact) mass is 395 g/mol. The Hall–Kier alpha value is -1.99. The van der Waals surface area contributed by atoms with Crippen molar-refractivity contribution in [2.75, 3.05) is 39.8 Å². The summed E-state index contributed by atoms with van der Waals surface area (Å²) in [5, 5.41) is 6.81. The van der Waals surface area contributed by atoms with Crippen LogP contribution in [-0.4, -0.2) is 79.2 Å². The number of nitrogens with one attached hydrogen (secondary N) is 2. The van der Waals surface area contributed by atoms with E-state index in [0.29, 0.717) is 18.9 Å². The second kappa shape index (κ2) is 9.98. The third kappa shape index (κ3) is 6.87. The highest BCUT2D eigenvalue weighted by Gasteiger charge is 2.28. The first-order chi connectivity index (χ1) is 13.2. The maximum Gasteiger partial charge on any atom is 0.410 e. The van der Waals surface area contributed by atoms with Crippen LogP contribution in [0.15, 0.2) is 4.99 Å². The van der Waals surface area contributed by atoms with Crippen molar-refractivity contribution >= 4 is 18.0 Å². The largest absolute Gasteiger partial charge is 0.444 e. The summed E-state index contributed by atoms with van der Waals surface area (Å²) >= 11 is 0. The molecule has 2 fully saturated rings. The van der Waals surface area contributed by atoms with Gasteiger partial charge in [0.2, 0.25) is 5.91 Å². The highest BCUT2D eigenvalue weighted by Crippen LogP contribution is 2.19. The minimum atomic E-state index is -0.470. The second-order valence-electron chi connectivity index (χ2n) is 8.71. The summed E-state index contributed by atoms with van der Waals surface area (Å²) in [6.07, 6.45) is 3.31. The van der Waals surface area contributed by atoms with Gasteiger partial charge in [0.15, 0.2) is 5.96 Å². The van der Waals surface area contributed by atoms with Gasteiger partial charge < -0.3 is 25.2 Å². The summed E-state index contributed by atoms with van der Waals surface area (Å²) in [6.45, 7) is 11.3. The first kappa shape index (κ1) is 22.3. The molecule has 0 radical (unpaired) electrons. The molecule has 0 bridgehead atoms. The molecular formula is C20H37N5O3. The lowest BCUT2D eigenvalue weighted by Crippen LogP contribution is -2.49. The van der Waals surface area contributed by atoms with Crippen molar-refractivity contribution in [1.29, 1.82) is 0 Å². The molecule has 2 N–H and O–H groups in total. The summed E-state index contributed by atoms with van der Waals surface area (Å²) in [5.74, 6) is 1.32. The van der Waals surface area contributed by atoms with Gasteiger partial charge in [0, 0.05) is 52.2 Å². The Kier molecular flexibility index (Phi) is 7.95. The van der Waals surface area contributed by atoms with E-state index in [0.717, 1.165) is 51.4 Å². The zero-order valence-electron chi connectivity index (χ0n) is 18.1. The van der Waals surface area contributed by atoms with Crippen molar-refractivity contribution in [1.82, 2.24) is 20.4 Å². The molecule has 2 aliphatic heterocycles. The quantitative estimate of drug-likeness (QED) is 0.560. The molecule has 0 spiro atoms. The number of carbonyl (C=O) groups is 2. The number of nitrogens with zero attached hydrogens (tertiary/aromatic N) is 3. The number of aliphatic imine (C=N–C) groups is 1. The molecule has 2 atom stereocenters. The normalized spacial score (nSPS) is 23.5. The van der Waals surface area contributed by atoms with Crippen LogP contribution < -0.4 is 10.6 Å². The molecule has 2 unspecified atom stereocenters. The molecule has 8 nitrogen and oxygen atoms in total. The van der Waals surface area contributed by atoms with Gasteiger partial charge in [0.25, 0.3) is 0 Å². The van der Waals surface area contributed by atoms with E-state index >= 15 is 0 Å². The first-order valence-corrected chi connectivity index (χ1v) is 10.4. The van der Waals surface area contributed by atoms with E-state index in [-0.39, 0.29) is 18.0 Å². The lowest BCUT2D eigenvalue weighted by atomic mass is 9.98. The molecule has 2 saturated heterocycles. The van der Waals surface area contributed by atoms with Gasteiger partial charge in [-0.2, -0.15) is 0 Å². The van der Waals surface area contributed by atoms with E-state index in [9.17, 15) is 9.59 Å². The van der Waals surface area contributed by atoms with Gasteiger partial charge in [-0.25, -0.2) is 4.79 Å². The molecule has 2 amide bonds. The molecule has 2 rings (SSSR count). The molecule has 28 heavy (non-hydrogen) atoms. The molecule has 0 aromatic carbocycles. The standard InChI is InChI=1S/C20H37N5O3/c1-6-17(26)24-11-9-16(14-24)23-18(21-5)22-12-15-8-7-10-25(13-15)19(27)28-20(2,3)4/h15-16H,6-14H2,1-5H3,(H2,21,22,23). The van der Waals surface area contributed by atoms with Gasteiger partial charge in [-0.15, -0.1) is 0 Å². The average molecular weight is 396 g/mol. The Balaban J connectivity index is 1.77. The van der Waals surface area contributed by atoms with E-state index in [1.807, 2.05) is 37.5 Å². The second-order valence-corrected chi connectivity index (χ2v) is 8.71. The Morgan fingerprint density at radius 1 is 1.14 bits per heavy atom. The Morgan fingerprint density at radius 2 is 1.89 bits per heavy atom. The van der Waals surface area contributed by atoms with Gasteiger partial charge in [0.05, 0.1) is 0 Å². The van der Waals surface area contributed by atoms with Crippen molar-refractivity contribution in [3.8, 4) is 0 Å². The Bertz CT molecular complexity index is 573. The molecular weight excluding hydrogens is 358 g/mol. The van der Waals surface area contributed by atoms with E-state index in [1.54, 1.807) is 7.05 Å². The van der Waals surface area contributed by atoms with Crippen LogP contribution in [0.5, 0.6) is 0 Å². The highest BCUT2D eigenvalue weighted by molar-refractivity contribution is 5.80. The molecule has 160 valence electrons. The minimum Gasteiger partial charge on any atom is -0.444 e. The van der Waals surface area contributed by atoms with Crippen LogP contribution >= 0.6 is 0 Å². The predicted molar refractivity (Wildman–Crippen MR) is 110 cm³/mol. The minimum absolute atomic E-state index is 0.205. The number of hydrogen-bond donors (Lipinski definition) is 2. The van der Waals surface area contributed by atoms with Crippen LogP contribution in [0.4, 0.5) is 4.79 Å². The van der Waals surface area contributed by atoms with Gasteiger partial charge in [-0.05, 0) is 46.0 Å². The summed E-state index contributed by atoms with van der Waals surface area (Å²) in [6, 6.07) is 0.228. The number of rotatable bonds is 4. The fourth-order valence-electron chi connectivity index (χ4n) is 3.68. The van der Waals surface area contributed by atoms with Crippen molar-refractivity contribution in [2.45, 2.75) is 65.0 Å². The number of carbonyl (C=O) groups excluding carboxylic acids is 2. The van der Waals surface area contributed by atoms with Crippen molar-refractivity contribution in [3.63, 3.8) is 0 Å². The molecule has 0 aromatic rings. The van der Waals surface area contributed by atoms with Crippen LogP contribution in [0.2, 0.25) is 0 Å². The fraction of sp³-hybridized carbons (Fsp3) is 0.850. The van der Waals surface area contributed by atoms with Crippen molar-refractivity contribution in [3.05, 3.63) is 0 Å². The summed E-state index contributed by atoms with van der Waals surface area (Å²) in [4.78, 5) is 32.2. The number of hydrogen-bond acceptors (Lipinski definition) is 4. The fourth-order valence-corrected chi connectivity index (χ4v) is 3.68. The summed E-state index contributed by atoms with van der Waals surface area (Å²) < 4.78 is 5.50. The molecule has 8 heteroatoms. The number of piperidine rings is 1. The predicted octanol–water partition coefficient (Wildman–Crippen LogP) is 1.81. The number of amides is 2. The third-order valence-corrected chi connectivity index (χ3v) is 5.14. The SMILES string of the molecule is CCC(=O)N1CCC(NC(=NC)NCC2CCCN(C(=O)OC(C)(C)C)C2)C1. The maximum atomic E-state index is 12.3. The lowest BCUT2D eigenvalue weighted by Gasteiger charge is -2.34. The van der Waals surface area contributed by atoms with E-state index in [2.05, 4.69) is 15.6 Å². The van der Waals surface area contributed by atoms with Crippen LogP contribution in [0.1, 0.15) is 53.4 Å². The van der Waals surface area contributed by atoms with Crippen LogP contribution in [0.25, 0.3) is 0 Å². The van der Waals surface area contributed by atoms with Gasteiger partial charge in [0.1, 0.15) is 5.60 Å². The van der Waals surface area contributed by atoms with E-state index in [4.69, 9.17) is 4.74 Å². The van der Waals surface area contributed by atoms with Crippen LogP contribution in [0.3, 0.4) is 0 Å². The topological polar surface area (TPSA) is 86.3 Å². The van der Waals surface area contributed by atoms with E-state index in [1.165, 1.54) is 0 Å². The van der Waals surface area contributed by atoms with Gasteiger partial charge in [-0.3, -0.25) is 9.79 Å². The summed E-state index contributed by atoms with van der Waals surface area (Å²) in [5.41, 5.74) is -0.470. The van der Waals surface area contributed by atoms with Crippen LogP contribution in [-0.2, 0) is 9.53 Å². The summed E-state index contributed by atoms with van der Waals surface area (Å²) in [7, 11) is 1.76. The molecule has 0 aromatic heterocycles. The maximum absolute atomic E-state index is 12.3. The third-order valence-electron chi connectivity index (χ3n) is 5.14. The Morgan fingerprint density at radius 3 is 2.54 bits per heavy atom. The van der Waals surface area contributed by atoms with Crippen LogP contribution in [0, 0.1) is 5.92 Å². The van der Waals surface area contributed by atoms with Gasteiger partial charge >= 0.3 is 6.09 Å². The van der Waals surface area contributed by atoms with Crippen molar-refractivity contribution < 1.29 is 14.3 Å². The smallest absolute Gasteiger partial charge is 0.410 e. The zero-order valence-corrected chi connectivity index (χ0v) is 18.1. The highest BCUT2D eigenvalue weighted by atomic mass is 16.6. The van der Waals surface area contributed by atoms with Gasteiger partial charge in [-0.1, -0.05) is 6.92 Å². The zero-order chi connectivity index (χ0) is 20.7. The van der Waals surface area contributed by atoms with E-state index < -0.39 is 5.60 Å². The molecule has 2 heterocycles.